The molecule has 2 aliphatic heterocycles. The van der Waals surface area contributed by atoms with E-state index in [9.17, 15) is 19.2 Å². The van der Waals surface area contributed by atoms with Crippen LogP contribution in [0.3, 0.4) is 0 Å². The number of rotatable bonds is 2. The van der Waals surface area contributed by atoms with Crippen LogP contribution in [0.5, 0.6) is 0 Å². The predicted molar refractivity (Wildman–Crippen MR) is 138 cm³/mol. The smallest absolute Gasteiger partial charge is 0.325 e. The largest absolute Gasteiger partial charge is 0.456 e. The maximum Gasteiger partial charge on any atom is 0.325 e. The Balaban J connectivity index is 1.90. The molecule has 0 saturated carbocycles. The molecular formula is C24H32N4O5S2. The number of amides is 3. The van der Waals surface area contributed by atoms with Crippen LogP contribution in [0.1, 0.15) is 39.0 Å². The number of carbonyl (C=O) groups excluding carboxylic acids is 4. The number of esters is 1. The number of nitrogens with one attached hydrogen (secondary N) is 4. The molecule has 3 rings (SSSR count). The van der Waals surface area contributed by atoms with Crippen LogP contribution in [0.2, 0.25) is 0 Å². The summed E-state index contributed by atoms with van der Waals surface area (Å²) >= 11 is 0. The van der Waals surface area contributed by atoms with E-state index in [0.717, 1.165) is 24.2 Å². The summed E-state index contributed by atoms with van der Waals surface area (Å²) in [5.74, 6) is -0.641. The molecule has 35 heavy (non-hydrogen) atoms. The van der Waals surface area contributed by atoms with Gasteiger partial charge in [0.25, 0.3) is 0 Å². The van der Waals surface area contributed by atoms with Gasteiger partial charge in [-0.1, -0.05) is 51.5 Å². The quantitative estimate of drug-likeness (QED) is 0.247. The number of fused-ring (bicyclic) bond motifs is 7. The van der Waals surface area contributed by atoms with Gasteiger partial charge in [0.2, 0.25) is 17.7 Å². The number of ether oxygens (including phenoxy) is 1. The van der Waals surface area contributed by atoms with E-state index in [4.69, 9.17) is 4.74 Å². The third kappa shape index (κ3) is 9.48. The average Bonchev–Trinajstić information content (AvgIpc) is 2.82. The van der Waals surface area contributed by atoms with Crippen molar-refractivity contribution in [1.29, 1.82) is 0 Å². The van der Waals surface area contributed by atoms with Crippen molar-refractivity contribution in [3.8, 4) is 0 Å². The van der Waals surface area contributed by atoms with Crippen LogP contribution in [0.15, 0.2) is 47.9 Å². The fourth-order valence-corrected chi connectivity index (χ4v) is 5.76. The summed E-state index contributed by atoms with van der Waals surface area (Å²) in [6, 6.07) is -1.65. The second kappa shape index (κ2) is 14.0. The first-order chi connectivity index (χ1) is 16.9. The Morgan fingerprint density at radius 1 is 1.06 bits per heavy atom. The maximum absolute atomic E-state index is 13.2. The molecule has 11 heteroatoms. The van der Waals surface area contributed by atoms with Gasteiger partial charge in [0, 0.05) is 29.8 Å². The minimum Gasteiger partial charge on any atom is -0.456 e. The Hall–Kier alpha value is -2.66. The molecule has 0 radical (unpaired) electrons. The molecule has 2 heterocycles. The summed E-state index contributed by atoms with van der Waals surface area (Å²) in [6.45, 7) is 1.44. The van der Waals surface area contributed by atoms with Crippen molar-refractivity contribution >= 4 is 45.3 Å². The van der Waals surface area contributed by atoms with E-state index >= 15 is 0 Å². The van der Waals surface area contributed by atoms with Crippen molar-refractivity contribution in [3.05, 3.63) is 47.9 Å². The van der Waals surface area contributed by atoms with Gasteiger partial charge in [-0.15, -0.1) is 0 Å². The van der Waals surface area contributed by atoms with E-state index in [1.807, 2.05) is 18.2 Å². The molecule has 9 nitrogen and oxygen atoms in total. The minimum absolute atomic E-state index is 0.103. The molecule has 3 aliphatic rings. The summed E-state index contributed by atoms with van der Waals surface area (Å²) in [6.07, 6.45) is 13.5. The molecule has 0 spiro atoms. The first-order valence-electron chi connectivity index (χ1n) is 11.7. The Morgan fingerprint density at radius 3 is 2.71 bits per heavy atom. The number of hydrogen-bond donors (Lipinski definition) is 4. The zero-order valence-corrected chi connectivity index (χ0v) is 21.3. The highest BCUT2D eigenvalue weighted by molar-refractivity contribution is 8.76. The van der Waals surface area contributed by atoms with E-state index < -0.39 is 36.0 Å². The number of hydrogen-bond acceptors (Lipinski definition) is 8. The standard InChI is InChI=1S/C24H32N4O5S2/c1-16-23(31)28-20-15-35-34-10-6-5-9-19(12-21(29)26-16)33-22(30)14-25-13-18(27-24(20)32)11-17-7-3-2-4-8-17/h2-3,5,7,9,13,16,19-20,25H,4,6,8,10-12,14-15H2,1H3,(H,26,29)(H,27,32)(H,28,31)/b9-5+,18-13-. The van der Waals surface area contributed by atoms with Crippen LogP contribution >= 0.6 is 21.6 Å². The topological polar surface area (TPSA) is 126 Å². The number of carbonyl (C=O) groups is 4. The second-order valence-corrected chi connectivity index (χ2v) is 11.0. The van der Waals surface area contributed by atoms with E-state index in [1.54, 1.807) is 30.0 Å². The molecule has 4 N–H and O–H groups in total. The molecule has 3 unspecified atom stereocenters. The fraction of sp³-hybridized carbons (Fsp3) is 0.500. The normalized spacial score (nSPS) is 29.7. The molecule has 0 aromatic rings. The lowest BCUT2D eigenvalue weighted by Gasteiger charge is -2.23. The SMILES string of the molecule is CC1NC(=O)CC2/C=C/CCSSCC(NC1=O)C(=O)N/C(CC1=CC=CCC1)=C\NCC(=O)O2. The Labute approximate surface area is 213 Å². The molecule has 1 aliphatic carbocycles. The zero-order valence-electron chi connectivity index (χ0n) is 19.7. The van der Waals surface area contributed by atoms with Crippen molar-refractivity contribution in [3.63, 3.8) is 0 Å². The van der Waals surface area contributed by atoms with Gasteiger partial charge in [-0.25, -0.2) is 0 Å². The van der Waals surface area contributed by atoms with Crippen molar-refractivity contribution in [1.82, 2.24) is 21.3 Å². The predicted octanol–water partition coefficient (Wildman–Crippen LogP) is 1.85. The summed E-state index contributed by atoms with van der Waals surface area (Å²) < 4.78 is 5.51. The molecule has 3 amide bonds. The minimum atomic E-state index is -0.857. The lowest BCUT2D eigenvalue weighted by molar-refractivity contribution is -0.147. The zero-order chi connectivity index (χ0) is 25.0. The third-order valence-electron chi connectivity index (χ3n) is 5.43. The summed E-state index contributed by atoms with van der Waals surface area (Å²) in [5.41, 5.74) is 1.74. The lowest BCUT2D eigenvalue weighted by Crippen LogP contribution is -2.54. The van der Waals surface area contributed by atoms with Crippen molar-refractivity contribution in [2.24, 2.45) is 0 Å². The van der Waals surface area contributed by atoms with Crippen LogP contribution < -0.4 is 21.3 Å². The van der Waals surface area contributed by atoms with Gasteiger partial charge in [-0.2, -0.15) is 0 Å². The van der Waals surface area contributed by atoms with E-state index in [2.05, 4.69) is 27.3 Å². The monoisotopic (exact) mass is 520 g/mol. The third-order valence-corrected chi connectivity index (χ3v) is 7.88. The Bertz CT molecular complexity index is 931. The highest BCUT2D eigenvalue weighted by Crippen LogP contribution is 2.24. The molecular weight excluding hydrogens is 488 g/mol. The van der Waals surface area contributed by atoms with Gasteiger partial charge in [0.15, 0.2) is 0 Å². The van der Waals surface area contributed by atoms with Crippen LogP contribution in [0.4, 0.5) is 0 Å². The van der Waals surface area contributed by atoms with Gasteiger partial charge in [-0.05, 0) is 32.3 Å². The van der Waals surface area contributed by atoms with E-state index in [0.29, 0.717) is 24.3 Å². The van der Waals surface area contributed by atoms with Crippen molar-refractivity contribution < 1.29 is 23.9 Å². The first kappa shape index (κ1) is 26.9. The number of allylic oxidation sites excluding steroid dienone is 5. The fourth-order valence-electron chi connectivity index (χ4n) is 3.61. The average molecular weight is 521 g/mol. The lowest BCUT2D eigenvalue weighted by atomic mass is 10.0. The molecule has 0 saturated heterocycles. The molecule has 190 valence electrons. The van der Waals surface area contributed by atoms with E-state index in [-0.39, 0.29) is 18.9 Å². The molecule has 0 fully saturated rings. The first-order valence-corrected chi connectivity index (χ1v) is 14.2. The van der Waals surface area contributed by atoms with Crippen LogP contribution in [-0.2, 0) is 23.9 Å². The van der Waals surface area contributed by atoms with Gasteiger partial charge < -0.3 is 26.0 Å². The Morgan fingerprint density at radius 2 is 1.91 bits per heavy atom. The van der Waals surface area contributed by atoms with Gasteiger partial charge >= 0.3 is 5.97 Å². The highest BCUT2D eigenvalue weighted by Gasteiger charge is 2.26. The molecule has 0 aromatic heterocycles. The van der Waals surface area contributed by atoms with Gasteiger partial charge in [-0.3, -0.25) is 19.2 Å². The summed E-state index contributed by atoms with van der Waals surface area (Å²) in [4.78, 5) is 51.0. The van der Waals surface area contributed by atoms with Gasteiger partial charge in [0.05, 0.1) is 6.42 Å². The summed E-state index contributed by atoms with van der Waals surface area (Å²) in [7, 11) is 3.09. The highest BCUT2D eigenvalue weighted by atomic mass is 33.1. The van der Waals surface area contributed by atoms with Crippen LogP contribution in [0.25, 0.3) is 0 Å². The Kier molecular flexibility index (Phi) is 10.8. The maximum atomic E-state index is 13.2. The van der Waals surface area contributed by atoms with Crippen LogP contribution in [-0.4, -0.2) is 59.9 Å². The van der Waals surface area contributed by atoms with E-state index in [1.165, 1.54) is 10.8 Å². The summed E-state index contributed by atoms with van der Waals surface area (Å²) in [5, 5.41) is 11.3. The molecule has 2 bridgehead atoms. The second-order valence-electron chi connectivity index (χ2n) is 8.41. The van der Waals surface area contributed by atoms with Gasteiger partial charge in [0.1, 0.15) is 24.7 Å². The van der Waals surface area contributed by atoms with Crippen molar-refractivity contribution in [2.45, 2.75) is 57.2 Å². The van der Waals surface area contributed by atoms with Crippen LogP contribution in [0, 0.1) is 0 Å². The van der Waals surface area contributed by atoms with Crippen molar-refractivity contribution in [2.75, 3.05) is 18.1 Å². The molecule has 3 atom stereocenters. The molecule has 0 aromatic carbocycles.